The molecule has 3 nitrogen and oxygen atoms in total. The summed E-state index contributed by atoms with van der Waals surface area (Å²) >= 11 is 0. The van der Waals surface area contributed by atoms with Crippen LogP contribution in [0.25, 0.3) is 0 Å². The maximum atomic E-state index is 11.7. The SMILES string of the molecule is CCCCCCCCCCCCCCCCOC(=O)C(C)N(C)C. The number of esters is 1. The third-order valence-corrected chi connectivity index (χ3v) is 4.86. The lowest BCUT2D eigenvalue weighted by atomic mass is 10.0. The number of nitrogens with zero attached hydrogens (tertiary/aromatic N) is 1. The lowest BCUT2D eigenvalue weighted by molar-refractivity contribution is -0.148. The molecule has 0 heterocycles. The number of likely N-dealkylation sites (N-methyl/N-ethyl adjacent to an activating group) is 1. The standard InChI is InChI=1S/C21H43NO2/c1-5-6-7-8-9-10-11-12-13-14-15-16-17-18-19-24-21(23)20(2)22(3)4/h20H,5-19H2,1-4H3. The van der Waals surface area contributed by atoms with E-state index >= 15 is 0 Å². The van der Waals surface area contributed by atoms with Crippen LogP contribution < -0.4 is 0 Å². The molecule has 3 heteroatoms. The smallest absolute Gasteiger partial charge is 0.323 e. The van der Waals surface area contributed by atoms with Crippen LogP contribution >= 0.6 is 0 Å². The first-order valence-electron chi connectivity index (χ1n) is 10.4. The van der Waals surface area contributed by atoms with E-state index in [0.29, 0.717) is 6.61 Å². The second kappa shape index (κ2) is 17.3. The third-order valence-electron chi connectivity index (χ3n) is 4.86. The zero-order valence-electron chi connectivity index (χ0n) is 16.9. The molecule has 0 aromatic carbocycles. The fourth-order valence-corrected chi connectivity index (χ4v) is 2.80. The van der Waals surface area contributed by atoms with Crippen molar-refractivity contribution < 1.29 is 9.53 Å². The van der Waals surface area contributed by atoms with Crippen LogP contribution in [0.1, 0.15) is 104 Å². The van der Waals surface area contributed by atoms with Gasteiger partial charge in [0.1, 0.15) is 6.04 Å². The molecular weight excluding hydrogens is 298 g/mol. The molecule has 0 aliphatic heterocycles. The summed E-state index contributed by atoms with van der Waals surface area (Å²) in [6.45, 7) is 4.74. The third kappa shape index (κ3) is 15.0. The Labute approximate surface area is 151 Å². The van der Waals surface area contributed by atoms with Crippen molar-refractivity contribution in [3.8, 4) is 0 Å². The van der Waals surface area contributed by atoms with Gasteiger partial charge in [-0.25, -0.2) is 0 Å². The maximum Gasteiger partial charge on any atom is 0.323 e. The van der Waals surface area contributed by atoms with E-state index < -0.39 is 0 Å². The van der Waals surface area contributed by atoms with Crippen LogP contribution in [0.4, 0.5) is 0 Å². The van der Waals surface area contributed by atoms with Gasteiger partial charge in [-0.15, -0.1) is 0 Å². The second-order valence-electron chi connectivity index (χ2n) is 7.40. The number of ether oxygens (including phenoxy) is 1. The molecule has 1 unspecified atom stereocenters. The van der Waals surface area contributed by atoms with Crippen molar-refractivity contribution in [2.45, 2.75) is 110 Å². The van der Waals surface area contributed by atoms with E-state index in [2.05, 4.69) is 6.92 Å². The molecule has 0 saturated carbocycles. The molecular formula is C21H43NO2. The lowest BCUT2D eigenvalue weighted by Crippen LogP contribution is -2.34. The van der Waals surface area contributed by atoms with Gasteiger partial charge in [0, 0.05) is 0 Å². The van der Waals surface area contributed by atoms with Crippen LogP contribution in [-0.2, 0) is 9.53 Å². The maximum absolute atomic E-state index is 11.7. The van der Waals surface area contributed by atoms with E-state index in [9.17, 15) is 4.79 Å². The normalized spacial score (nSPS) is 12.5. The first kappa shape index (κ1) is 23.4. The van der Waals surface area contributed by atoms with Crippen LogP contribution in [0.15, 0.2) is 0 Å². The van der Waals surface area contributed by atoms with Crippen LogP contribution in [0.5, 0.6) is 0 Å². The summed E-state index contributed by atoms with van der Waals surface area (Å²) in [5.41, 5.74) is 0. The Morgan fingerprint density at radius 3 is 1.50 bits per heavy atom. The minimum absolute atomic E-state index is 0.102. The molecule has 0 radical (unpaired) electrons. The summed E-state index contributed by atoms with van der Waals surface area (Å²) in [4.78, 5) is 13.5. The number of hydrogen-bond donors (Lipinski definition) is 0. The summed E-state index contributed by atoms with van der Waals surface area (Å²) in [7, 11) is 3.80. The molecule has 1 atom stereocenters. The molecule has 144 valence electrons. The fraction of sp³-hybridized carbons (Fsp3) is 0.952. The van der Waals surface area contributed by atoms with Crippen LogP contribution in [0, 0.1) is 0 Å². The van der Waals surface area contributed by atoms with Crippen molar-refractivity contribution in [3.05, 3.63) is 0 Å². The molecule has 24 heavy (non-hydrogen) atoms. The van der Waals surface area contributed by atoms with E-state index in [1.165, 1.54) is 83.5 Å². The van der Waals surface area contributed by atoms with Crippen LogP contribution in [-0.4, -0.2) is 37.6 Å². The summed E-state index contributed by atoms with van der Waals surface area (Å²) in [6, 6.07) is -0.142. The first-order valence-corrected chi connectivity index (χ1v) is 10.4. The van der Waals surface area contributed by atoms with Crippen molar-refractivity contribution in [3.63, 3.8) is 0 Å². The summed E-state index contributed by atoms with van der Waals surface area (Å²) in [5, 5.41) is 0. The number of carbonyl (C=O) groups excluding carboxylic acids is 1. The average molecular weight is 342 g/mol. The average Bonchev–Trinajstić information content (AvgIpc) is 2.57. The van der Waals surface area contributed by atoms with Crippen molar-refractivity contribution in [1.82, 2.24) is 4.90 Å². The molecule has 0 saturated heterocycles. The number of unbranched alkanes of at least 4 members (excludes halogenated alkanes) is 13. The Morgan fingerprint density at radius 1 is 0.750 bits per heavy atom. The molecule has 0 rings (SSSR count). The van der Waals surface area contributed by atoms with Gasteiger partial charge in [0.05, 0.1) is 6.61 Å². The quantitative estimate of drug-likeness (QED) is 0.241. The van der Waals surface area contributed by atoms with E-state index in [4.69, 9.17) is 4.74 Å². The Bertz CT molecular complexity index is 279. The topological polar surface area (TPSA) is 29.5 Å². The zero-order chi connectivity index (χ0) is 18.0. The van der Waals surface area contributed by atoms with Gasteiger partial charge in [0.25, 0.3) is 0 Å². The number of hydrogen-bond acceptors (Lipinski definition) is 3. The highest BCUT2D eigenvalue weighted by atomic mass is 16.5. The molecule has 0 spiro atoms. The molecule has 0 aromatic rings. The Morgan fingerprint density at radius 2 is 1.12 bits per heavy atom. The highest BCUT2D eigenvalue weighted by Crippen LogP contribution is 2.13. The van der Waals surface area contributed by atoms with Crippen molar-refractivity contribution >= 4 is 5.97 Å². The van der Waals surface area contributed by atoms with Gasteiger partial charge < -0.3 is 4.74 Å². The first-order chi connectivity index (χ1) is 11.6. The van der Waals surface area contributed by atoms with Gasteiger partial charge in [-0.2, -0.15) is 0 Å². The van der Waals surface area contributed by atoms with Crippen molar-refractivity contribution in [1.29, 1.82) is 0 Å². The van der Waals surface area contributed by atoms with Gasteiger partial charge in [-0.1, -0.05) is 90.4 Å². The highest BCUT2D eigenvalue weighted by Gasteiger charge is 2.15. The molecule has 0 fully saturated rings. The van der Waals surface area contributed by atoms with E-state index in [1.54, 1.807) is 0 Å². The minimum atomic E-state index is -0.142. The van der Waals surface area contributed by atoms with E-state index in [1.807, 2.05) is 25.9 Å². The second-order valence-corrected chi connectivity index (χ2v) is 7.40. The highest BCUT2D eigenvalue weighted by molar-refractivity contribution is 5.75. The Balaban J connectivity index is 3.17. The Kier molecular flexibility index (Phi) is 16.8. The van der Waals surface area contributed by atoms with Gasteiger partial charge in [0.2, 0.25) is 0 Å². The molecule has 0 amide bonds. The fourth-order valence-electron chi connectivity index (χ4n) is 2.80. The number of rotatable bonds is 17. The van der Waals surface area contributed by atoms with Crippen molar-refractivity contribution in [2.24, 2.45) is 0 Å². The largest absolute Gasteiger partial charge is 0.465 e. The van der Waals surface area contributed by atoms with Gasteiger partial charge in [-0.3, -0.25) is 9.69 Å². The summed E-state index contributed by atoms with van der Waals surface area (Å²) < 4.78 is 5.29. The zero-order valence-corrected chi connectivity index (χ0v) is 16.9. The predicted octanol–water partition coefficient (Wildman–Crippen LogP) is 5.96. The summed E-state index contributed by atoms with van der Waals surface area (Å²) in [6.07, 6.45) is 18.9. The van der Waals surface area contributed by atoms with Gasteiger partial charge in [-0.05, 0) is 27.4 Å². The van der Waals surface area contributed by atoms with Crippen LogP contribution in [0.2, 0.25) is 0 Å². The molecule has 0 bridgehead atoms. The summed E-state index contributed by atoms with van der Waals surface area (Å²) in [5.74, 6) is -0.102. The predicted molar refractivity (Wildman–Crippen MR) is 104 cm³/mol. The lowest BCUT2D eigenvalue weighted by Gasteiger charge is -2.17. The Hall–Kier alpha value is -0.570. The van der Waals surface area contributed by atoms with Gasteiger partial charge >= 0.3 is 5.97 Å². The molecule has 0 N–H and O–H groups in total. The van der Waals surface area contributed by atoms with Gasteiger partial charge in [0.15, 0.2) is 0 Å². The molecule has 0 aliphatic rings. The monoisotopic (exact) mass is 341 g/mol. The van der Waals surface area contributed by atoms with E-state index in [-0.39, 0.29) is 12.0 Å². The number of carbonyl (C=O) groups is 1. The van der Waals surface area contributed by atoms with Crippen LogP contribution in [0.3, 0.4) is 0 Å². The molecule has 0 aromatic heterocycles. The van der Waals surface area contributed by atoms with Crippen molar-refractivity contribution in [2.75, 3.05) is 20.7 Å². The van der Waals surface area contributed by atoms with E-state index in [0.717, 1.165) is 6.42 Å². The molecule has 0 aliphatic carbocycles. The minimum Gasteiger partial charge on any atom is -0.465 e.